The van der Waals surface area contributed by atoms with Crippen LogP contribution in [0.4, 0.5) is 11.4 Å². The van der Waals surface area contributed by atoms with Crippen LogP contribution in [0, 0.1) is 12.8 Å². The number of aryl methyl sites for hydroxylation is 1. The third-order valence-corrected chi connectivity index (χ3v) is 7.06. The van der Waals surface area contributed by atoms with Crippen molar-refractivity contribution >= 4 is 35.0 Å². The Morgan fingerprint density at radius 2 is 2.11 bits per heavy atom. The van der Waals surface area contributed by atoms with Crippen LogP contribution in [0.2, 0.25) is 0 Å². The summed E-state index contributed by atoms with van der Waals surface area (Å²) in [6, 6.07) is 15.8. The molecule has 0 bridgehead atoms. The first-order valence-electron chi connectivity index (χ1n) is 9.23. The molecule has 0 aromatic heterocycles. The number of para-hydroxylation sites is 1. The summed E-state index contributed by atoms with van der Waals surface area (Å²) in [5.74, 6) is 1.18. The molecule has 0 radical (unpaired) electrons. The van der Waals surface area contributed by atoms with Crippen molar-refractivity contribution in [1.82, 2.24) is 4.90 Å². The van der Waals surface area contributed by atoms with Crippen molar-refractivity contribution < 1.29 is 9.59 Å². The summed E-state index contributed by atoms with van der Waals surface area (Å²) in [6.45, 7) is 2.00. The number of fused-ring (bicyclic) bond motifs is 4. The van der Waals surface area contributed by atoms with E-state index in [2.05, 4.69) is 15.5 Å². The van der Waals surface area contributed by atoms with E-state index in [0.29, 0.717) is 6.42 Å². The van der Waals surface area contributed by atoms with Crippen molar-refractivity contribution in [3.8, 4) is 0 Å². The van der Waals surface area contributed by atoms with Gasteiger partial charge in [-0.15, -0.1) is 11.8 Å². The van der Waals surface area contributed by atoms with Gasteiger partial charge in [0.1, 0.15) is 5.54 Å². The first-order valence-corrected chi connectivity index (χ1v) is 10.4. The highest BCUT2D eigenvalue weighted by Gasteiger charge is 2.65. The van der Waals surface area contributed by atoms with Gasteiger partial charge in [0.05, 0.1) is 5.92 Å². The van der Waals surface area contributed by atoms with Crippen LogP contribution in [0.5, 0.6) is 0 Å². The van der Waals surface area contributed by atoms with E-state index in [1.807, 2.05) is 67.2 Å². The fourth-order valence-corrected chi connectivity index (χ4v) is 6.16. The minimum Gasteiger partial charge on any atom is -0.326 e. The van der Waals surface area contributed by atoms with Crippen LogP contribution in [0.25, 0.3) is 0 Å². The summed E-state index contributed by atoms with van der Waals surface area (Å²) >= 11 is 1.84. The second-order valence-electron chi connectivity index (χ2n) is 7.54. The van der Waals surface area contributed by atoms with Crippen LogP contribution in [-0.4, -0.2) is 34.4 Å². The minimum atomic E-state index is -0.904. The number of hydrogen-bond donors (Lipinski definition) is 2. The highest BCUT2D eigenvalue weighted by molar-refractivity contribution is 7.99. The van der Waals surface area contributed by atoms with E-state index in [1.54, 1.807) is 0 Å². The smallest absolute Gasteiger partial charge is 0.250 e. The maximum Gasteiger partial charge on any atom is 0.250 e. The maximum atomic E-state index is 13.3. The third-order valence-electron chi connectivity index (χ3n) is 5.98. The SMILES string of the molecule is Cc1cccc(NC(=O)C2CC3CSCN3C23C(=O)Nc2ccccc23)c1. The summed E-state index contributed by atoms with van der Waals surface area (Å²) in [5, 5.41) is 6.09. The van der Waals surface area contributed by atoms with Crippen molar-refractivity contribution in [2.75, 3.05) is 22.3 Å². The summed E-state index contributed by atoms with van der Waals surface area (Å²) in [7, 11) is 0. The Labute approximate surface area is 162 Å². The van der Waals surface area contributed by atoms with E-state index in [0.717, 1.165) is 34.1 Å². The zero-order chi connectivity index (χ0) is 18.6. The number of carbonyl (C=O) groups excluding carboxylic acids is 2. The second-order valence-corrected chi connectivity index (χ2v) is 8.54. The predicted octanol–water partition coefficient (Wildman–Crippen LogP) is 3.18. The lowest BCUT2D eigenvalue weighted by Gasteiger charge is -2.36. The number of rotatable bonds is 2. The quantitative estimate of drug-likeness (QED) is 0.841. The van der Waals surface area contributed by atoms with E-state index < -0.39 is 11.5 Å². The lowest BCUT2D eigenvalue weighted by molar-refractivity contribution is -0.134. The van der Waals surface area contributed by atoms with E-state index in [4.69, 9.17) is 0 Å². The monoisotopic (exact) mass is 379 g/mol. The van der Waals surface area contributed by atoms with Gasteiger partial charge in [0.2, 0.25) is 11.8 Å². The Morgan fingerprint density at radius 3 is 2.96 bits per heavy atom. The predicted molar refractivity (Wildman–Crippen MR) is 108 cm³/mol. The number of nitrogens with zero attached hydrogens (tertiary/aromatic N) is 1. The normalized spacial score (nSPS) is 28.9. The highest BCUT2D eigenvalue weighted by Crippen LogP contribution is 2.55. The summed E-state index contributed by atoms with van der Waals surface area (Å²) in [5.41, 5.74) is 2.73. The maximum absolute atomic E-state index is 13.3. The highest BCUT2D eigenvalue weighted by atomic mass is 32.2. The molecule has 3 aliphatic rings. The van der Waals surface area contributed by atoms with Gasteiger partial charge in [0, 0.05) is 34.6 Å². The standard InChI is InChI=1S/C21H21N3O2S/c1-13-5-4-6-14(9-13)22-19(25)17-10-15-11-27-12-24(15)21(17)16-7-2-3-8-18(16)23-20(21)26/h2-9,15,17H,10-12H2,1H3,(H,22,25)(H,23,26). The van der Waals surface area contributed by atoms with E-state index in [-0.39, 0.29) is 17.9 Å². The van der Waals surface area contributed by atoms with Crippen LogP contribution < -0.4 is 10.6 Å². The molecule has 3 atom stereocenters. The van der Waals surface area contributed by atoms with Crippen LogP contribution >= 0.6 is 11.8 Å². The van der Waals surface area contributed by atoms with E-state index in [9.17, 15) is 9.59 Å². The molecular weight excluding hydrogens is 358 g/mol. The average molecular weight is 379 g/mol. The molecule has 0 saturated carbocycles. The molecule has 5 rings (SSSR count). The Hall–Kier alpha value is -2.31. The number of carbonyl (C=O) groups is 2. The number of nitrogens with one attached hydrogen (secondary N) is 2. The summed E-state index contributed by atoms with van der Waals surface area (Å²) in [4.78, 5) is 28.9. The molecule has 1 spiro atoms. The first-order chi connectivity index (χ1) is 13.1. The molecule has 3 heterocycles. The van der Waals surface area contributed by atoms with Crippen molar-refractivity contribution in [2.45, 2.75) is 24.9 Å². The molecule has 5 nitrogen and oxygen atoms in total. The van der Waals surface area contributed by atoms with Crippen molar-refractivity contribution in [2.24, 2.45) is 5.92 Å². The third kappa shape index (κ3) is 2.36. The minimum absolute atomic E-state index is 0.0712. The fraction of sp³-hybridized carbons (Fsp3) is 0.333. The zero-order valence-corrected chi connectivity index (χ0v) is 15.9. The molecule has 2 saturated heterocycles. The van der Waals surface area contributed by atoms with Gasteiger partial charge in [-0.2, -0.15) is 0 Å². The number of hydrogen-bond acceptors (Lipinski definition) is 4. The lowest BCUT2D eigenvalue weighted by atomic mass is 9.79. The molecule has 0 aliphatic carbocycles. The van der Waals surface area contributed by atoms with Gasteiger partial charge in [-0.1, -0.05) is 30.3 Å². The molecule has 2 aromatic rings. The van der Waals surface area contributed by atoms with Crippen LogP contribution in [-0.2, 0) is 15.1 Å². The lowest BCUT2D eigenvalue weighted by Crippen LogP contribution is -2.53. The molecule has 2 aromatic carbocycles. The Morgan fingerprint density at radius 1 is 1.26 bits per heavy atom. The second kappa shape index (κ2) is 6.11. The van der Waals surface area contributed by atoms with Gasteiger partial charge in [0.15, 0.2) is 0 Å². The van der Waals surface area contributed by atoms with Crippen molar-refractivity contribution in [1.29, 1.82) is 0 Å². The molecule has 6 heteroatoms. The summed E-state index contributed by atoms with van der Waals surface area (Å²) < 4.78 is 0. The Bertz CT molecular complexity index is 947. The Balaban J connectivity index is 1.57. The first kappa shape index (κ1) is 16.8. The molecule has 27 heavy (non-hydrogen) atoms. The largest absolute Gasteiger partial charge is 0.326 e. The van der Waals surface area contributed by atoms with Gasteiger partial charge < -0.3 is 10.6 Å². The number of benzene rings is 2. The molecular formula is C21H21N3O2S. The zero-order valence-electron chi connectivity index (χ0n) is 15.1. The van der Waals surface area contributed by atoms with Gasteiger partial charge in [-0.25, -0.2) is 0 Å². The molecule has 3 aliphatic heterocycles. The Kier molecular flexibility index (Phi) is 3.81. The number of anilines is 2. The average Bonchev–Trinajstić information content (AvgIpc) is 3.30. The molecule has 2 N–H and O–H groups in total. The van der Waals surface area contributed by atoms with Gasteiger partial charge in [0.25, 0.3) is 0 Å². The van der Waals surface area contributed by atoms with Gasteiger partial charge >= 0.3 is 0 Å². The van der Waals surface area contributed by atoms with Gasteiger partial charge in [-0.05, 0) is 37.1 Å². The van der Waals surface area contributed by atoms with Crippen molar-refractivity contribution in [3.63, 3.8) is 0 Å². The number of amides is 2. The van der Waals surface area contributed by atoms with Crippen LogP contribution in [0.1, 0.15) is 17.5 Å². The van der Waals surface area contributed by atoms with E-state index >= 15 is 0 Å². The summed E-state index contributed by atoms with van der Waals surface area (Å²) in [6.07, 6.45) is 0.701. The van der Waals surface area contributed by atoms with E-state index in [1.165, 1.54) is 0 Å². The van der Waals surface area contributed by atoms with Gasteiger partial charge in [-0.3, -0.25) is 14.5 Å². The van der Waals surface area contributed by atoms with Crippen LogP contribution in [0.15, 0.2) is 48.5 Å². The van der Waals surface area contributed by atoms with Crippen molar-refractivity contribution in [3.05, 3.63) is 59.7 Å². The molecule has 2 amide bonds. The van der Waals surface area contributed by atoms with Crippen LogP contribution in [0.3, 0.4) is 0 Å². The molecule has 3 unspecified atom stereocenters. The fourth-order valence-electron chi connectivity index (χ4n) is 4.85. The molecule has 2 fully saturated rings. The number of thioether (sulfide) groups is 1. The molecule has 138 valence electrons. The topological polar surface area (TPSA) is 61.4 Å².